The van der Waals surface area contributed by atoms with Crippen LogP contribution in [0.3, 0.4) is 0 Å². The van der Waals surface area contributed by atoms with Crippen LogP contribution in [0.15, 0.2) is 64.4 Å². The monoisotopic (exact) mass is 458 g/mol. The van der Waals surface area contributed by atoms with Gasteiger partial charge >= 0.3 is 0 Å². The lowest BCUT2D eigenvalue weighted by Gasteiger charge is -2.15. The Balaban J connectivity index is 1.83. The molecular weight excluding hydrogens is 432 g/mol. The number of anilines is 2. The summed E-state index contributed by atoms with van der Waals surface area (Å²) >= 11 is 0. The number of rotatable bonds is 6. The quantitative estimate of drug-likeness (QED) is 0.553. The first-order chi connectivity index (χ1) is 14.4. The topological polar surface area (TPSA) is 92.3 Å². The Bertz CT molecular complexity index is 1320. The molecule has 0 saturated carbocycles. The highest BCUT2D eigenvalue weighted by molar-refractivity contribution is 7.93. The minimum atomic E-state index is -3.82. The van der Waals surface area contributed by atoms with E-state index in [0.29, 0.717) is 5.69 Å². The molecule has 0 aliphatic heterocycles. The van der Waals surface area contributed by atoms with Crippen molar-refractivity contribution in [1.29, 1.82) is 0 Å². The van der Waals surface area contributed by atoms with Crippen molar-refractivity contribution in [3.8, 4) is 0 Å². The Morgan fingerprint density at radius 1 is 0.548 bits per heavy atom. The van der Waals surface area contributed by atoms with Gasteiger partial charge in [-0.15, -0.1) is 0 Å². The summed E-state index contributed by atoms with van der Waals surface area (Å²) in [6.07, 6.45) is 0. The van der Waals surface area contributed by atoms with E-state index in [4.69, 9.17) is 0 Å². The van der Waals surface area contributed by atoms with Gasteiger partial charge in [-0.05, 0) is 93.3 Å². The molecule has 2 N–H and O–H groups in total. The van der Waals surface area contributed by atoms with Crippen LogP contribution in [0.5, 0.6) is 0 Å². The fraction of sp³-hybridized carbons (Fsp3) is 0.217. The Kier molecular flexibility index (Phi) is 6.16. The van der Waals surface area contributed by atoms with E-state index in [1.54, 1.807) is 18.2 Å². The van der Waals surface area contributed by atoms with Gasteiger partial charge in [-0.3, -0.25) is 9.44 Å². The van der Waals surface area contributed by atoms with Crippen molar-refractivity contribution in [3.05, 3.63) is 82.4 Å². The Labute approximate surface area is 184 Å². The SMILES string of the molecule is Cc1cc(C)c(NS(=O)(=O)c2ccc(NS(=O)(=O)c3ccc(C)c(C)c3)cc2)c(C)c1. The van der Waals surface area contributed by atoms with Crippen LogP contribution in [-0.4, -0.2) is 16.8 Å². The lowest BCUT2D eigenvalue weighted by molar-refractivity contribution is 0.600. The van der Waals surface area contributed by atoms with E-state index in [1.807, 2.05) is 46.8 Å². The summed E-state index contributed by atoms with van der Waals surface area (Å²) in [4.78, 5) is 0.195. The summed E-state index contributed by atoms with van der Waals surface area (Å²) < 4.78 is 56.1. The zero-order valence-electron chi connectivity index (χ0n) is 18.1. The second-order valence-electron chi connectivity index (χ2n) is 7.76. The molecule has 6 nitrogen and oxygen atoms in total. The number of hydrogen-bond acceptors (Lipinski definition) is 4. The van der Waals surface area contributed by atoms with E-state index in [1.165, 1.54) is 24.3 Å². The molecule has 3 rings (SSSR count). The predicted octanol–water partition coefficient (Wildman–Crippen LogP) is 4.83. The van der Waals surface area contributed by atoms with Crippen molar-refractivity contribution < 1.29 is 16.8 Å². The van der Waals surface area contributed by atoms with E-state index in [2.05, 4.69) is 9.44 Å². The van der Waals surface area contributed by atoms with Crippen LogP contribution >= 0.6 is 0 Å². The molecule has 164 valence electrons. The summed E-state index contributed by atoms with van der Waals surface area (Å²) in [6.45, 7) is 9.41. The van der Waals surface area contributed by atoms with Gasteiger partial charge in [0, 0.05) is 5.69 Å². The maximum Gasteiger partial charge on any atom is 0.261 e. The molecule has 3 aromatic rings. The van der Waals surface area contributed by atoms with E-state index in [0.717, 1.165) is 27.8 Å². The Hall–Kier alpha value is -2.84. The minimum absolute atomic E-state index is 0.0426. The maximum absolute atomic E-state index is 12.8. The predicted molar refractivity (Wildman–Crippen MR) is 125 cm³/mol. The van der Waals surface area contributed by atoms with Crippen molar-refractivity contribution in [1.82, 2.24) is 0 Å². The van der Waals surface area contributed by atoms with Crippen LogP contribution < -0.4 is 9.44 Å². The Morgan fingerprint density at radius 2 is 1.06 bits per heavy atom. The van der Waals surface area contributed by atoms with Gasteiger partial charge in [0.1, 0.15) is 0 Å². The summed E-state index contributed by atoms with van der Waals surface area (Å²) in [5, 5.41) is 0. The molecule has 0 bridgehead atoms. The zero-order valence-corrected chi connectivity index (χ0v) is 19.8. The molecule has 31 heavy (non-hydrogen) atoms. The molecule has 8 heteroatoms. The summed E-state index contributed by atoms with van der Waals surface area (Å²) in [7, 11) is -7.60. The van der Waals surface area contributed by atoms with Crippen molar-refractivity contribution >= 4 is 31.4 Å². The first-order valence-corrected chi connectivity index (χ1v) is 12.7. The summed E-state index contributed by atoms with van der Waals surface area (Å²) in [5.74, 6) is 0. The van der Waals surface area contributed by atoms with Crippen molar-refractivity contribution in [2.45, 2.75) is 44.4 Å². The highest BCUT2D eigenvalue weighted by Crippen LogP contribution is 2.26. The van der Waals surface area contributed by atoms with E-state index < -0.39 is 20.0 Å². The summed E-state index contributed by atoms with van der Waals surface area (Å²) in [5.41, 5.74) is 5.41. The van der Waals surface area contributed by atoms with E-state index >= 15 is 0 Å². The third-order valence-electron chi connectivity index (χ3n) is 5.12. The molecule has 0 unspecified atom stereocenters. The number of hydrogen-bond donors (Lipinski definition) is 2. The van der Waals surface area contributed by atoms with Crippen LogP contribution in [0, 0.1) is 34.6 Å². The highest BCUT2D eigenvalue weighted by atomic mass is 32.2. The standard InChI is InChI=1S/C23H26N2O4S2/c1-15-12-18(4)23(19(5)13-15)25-30(26,27)21-10-7-20(8-11-21)24-31(28,29)22-9-6-16(2)17(3)14-22/h6-14,24-25H,1-5H3. The third kappa shape index (κ3) is 5.08. The average Bonchev–Trinajstić information content (AvgIpc) is 2.67. The van der Waals surface area contributed by atoms with Gasteiger partial charge in [0.25, 0.3) is 20.0 Å². The molecule has 0 heterocycles. The van der Waals surface area contributed by atoms with Crippen molar-refractivity contribution in [2.75, 3.05) is 9.44 Å². The molecule has 0 aliphatic carbocycles. The van der Waals surface area contributed by atoms with Gasteiger partial charge in [0.05, 0.1) is 15.5 Å². The molecule has 0 amide bonds. The van der Waals surface area contributed by atoms with Gasteiger partial charge in [-0.25, -0.2) is 16.8 Å². The van der Waals surface area contributed by atoms with Crippen LogP contribution in [0.25, 0.3) is 0 Å². The average molecular weight is 459 g/mol. The minimum Gasteiger partial charge on any atom is -0.280 e. The molecule has 0 aromatic heterocycles. The normalized spacial score (nSPS) is 11.9. The van der Waals surface area contributed by atoms with Crippen molar-refractivity contribution in [2.24, 2.45) is 0 Å². The largest absolute Gasteiger partial charge is 0.280 e. The third-order valence-corrected chi connectivity index (χ3v) is 7.86. The lowest BCUT2D eigenvalue weighted by Crippen LogP contribution is -2.16. The molecule has 0 spiro atoms. The number of nitrogens with one attached hydrogen (secondary N) is 2. The second-order valence-corrected chi connectivity index (χ2v) is 11.1. The lowest BCUT2D eigenvalue weighted by atomic mass is 10.1. The van der Waals surface area contributed by atoms with E-state index in [-0.39, 0.29) is 15.5 Å². The molecule has 0 aliphatic rings. The molecule has 0 radical (unpaired) electrons. The van der Waals surface area contributed by atoms with Gasteiger partial charge in [0.2, 0.25) is 0 Å². The summed E-state index contributed by atoms with van der Waals surface area (Å²) in [6, 6.07) is 14.3. The van der Waals surface area contributed by atoms with Crippen LogP contribution in [0.1, 0.15) is 27.8 Å². The van der Waals surface area contributed by atoms with Gasteiger partial charge in [0.15, 0.2) is 0 Å². The van der Waals surface area contributed by atoms with Gasteiger partial charge < -0.3 is 0 Å². The number of sulfonamides is 2. The molecule has 0 atom stereocenters. The molecule has 3 aromatic carbocycles. The van der Waals surface area contributed by atoms with E-state index in [9.17, 15) is 16.8 Å². The van der Waals surface area contributed by atoms with Crippen LogP contribution in [0.2, 0.25) is 0 Å². The Morgan fingerprint density at radius 3 is 1.61 bits per heavy atom. The number of benzene rings is 3. The molecule has 0 fully saturated rings. The van der Waals surface area contributed by atoms with Crippen LogP contribution in [-0.2, 0) is 20.0 Å². The van der Waals surface area contributed by atoms with Gasteiger partial charge in [-0.2, -0.15) is 0 Å². The smallest absolute Gasteiger partial charge is 0.261 e. The fourth-order valence-corrected chi connectivity index (χ4v) is 5.68. The maximum atomic E-state index is 12.8. The first-order valence-electron chi connectivity index (χ1n) is 9.70. The highest BCUT2D eigenvalue weighted by Gasteiger charge is 2.19. The number of aryl methyl sites for hydroxylation is 5. The van der Waals surface area contributed by atoms with Gasteiger partial charge in [-0.1, -0.05) is 23.8 Å². The molecular formula is C23H26N2O4S2. The van der Waals surface area contributed by atoms with Crippen LogP contribution in [0.4, 0.5) is 11.4 Å². The zero-order chi connectivity index (χ0) is 23.0. The first kappa shape index (κ1) is 22.8. The second kappa shape index (κ2) is 8.36. The van der Waals surface area contributed by atoms with Crippen molar-refractivity contribution in [3.63, 3.8) is 0 Å². The molecule has 0 saturated heterocycles. The fourth-order valence-electron chi connectivity index (χ4n) is 3.33.